The van der Waals surface area contributed by atoms with E-state index in [2.05, 4.69) is 34.9 Å². The number of carbonyl (C=O) groups is 3. The van der Waals surface area contributed by atoms with Gasteiger partial charge in [-0.05, 0) is 42.5 Å². The quantitative estimate of drug-likeness (QED) is 0.445. The number of carboxylic acids is 1. The highest BCUT2D eigenvalue weighted by molar-refractivity contribution is 5.80. The molecule has 0 aliphatic heterocycles. The van der Waals surface area contributed by atoms with E-state index in [0.29, 0.717) is 6.42 Å². The molecule has 0 heterocycles. The third kappa shape index (κ3) is 6.16. The molecule has 7 nitrogen and oxygen atoms in total. The maximum Gasteiger partial charge on any atom is 0.407 e. The molecule has 1 aliphatic rings. The van der Waals surface area contributed by atoms with E-state index in [4.69, 9.17) is 4.74 Å². The Morgan fingerprint density at radius 1 is 1.03 bits per heavy atom. The molecule has 0 saturated heterocycles. The Kier molecular flexibility index (Phi) is 8.31. The first-order chi connectivity index (χ1) is 16.2. The van der Waals surface area contributed by atoms with Gasteiger partial charge in [-0.15, -0.1) is 0 Å². The van der Waals surface area contributed by atoms with Gasteiger partial charge in [0.2, 0.25) is 5.91 Å². The van der Waals surface area contributed by atoms with E-state index in [-0.39, 0.29) is 37.4 Å². The number of aliphatic carboxylic acids is 1. The van der Waals surface area contributed by atoms with Gasteiger partial charge in [0.1, 0.15) is 6.61 Å². The number of hydrogen-bond donors (Lipinski definition) is 3. The maximum atomic E-state index is 12.6. The molecule has 34 heavy (non-hydrogen) atoms. The zero-order valence-corrected chi connectivity index (χ0v) is 20.1. The van der Waals surface area contributed by atoms with Gasteiger partial charge in [-0.1, -0.05) is 68.3 Å². The highest BCUT2D eigenvalue weighted by Crippen LogP contribution is 2.44. The fourth-order valence-corrected chi connectivity index (χ4v) is 4.17. The predicted molar refractivity (Wildman–Crippen MR) is 131 cm³/mol. The van der Waals surface area contributed by atoms with E-state index in [1.807, 2.05) is 31.2 Å². The predicted octanol–water partition coefficient (Wildman–Crippen LogP) is 4.70. The van der Waals surface area contributed by atoms with Crippen molar-refractivity contribution in [3.05, 3.63) is 59.7 Å². The zero-order valence-electron chi connectivity index (χ0n) is 20.1. The van der Waals surface area contributed by atoms with Gasteiger partial charge in [-0.2, -0.15) is 0 Å². The second-order valence-corrected chi connectivity index (χ2v) is 9.48. The van der Waals surface area contributed by atoms with E-state index in [0.717, 1.165) is 35.1 Å². The Balaban J connectivity index is 1.58. The van der Waals surface area contributed by atoms with Crippen LogP contribution in [0, 0.1) is 5.41 Å². The van der Waals surface area contributed by atoms with Crippen LogP contribution >= 0.6 is 0 Å². The van der Waals surface area contributed by atoms with Crippen LogP contribution in [0.5, 0.6) is 0 Å². The molecule has 7 heteroatoms. The van der Waals surface area contributed by atoms with Crippen molar-refractivity contribution < 1.29 is 24.2 Å². The normalized spacial score (nSPS) is 13.5. The van der Waals surface area contributed by atoms with Crippen LogP contribution in [0.3, 0.4) is 0 Å². The van der Waals surface area contributed by atoms with Gasteiger partial charge in [-0.25, -0.2) is 4.79 Å². The van der Waals surface area contributed by atoms with Gasteiger partial charge in [0.15, 0.2) is 0 Å². The van der Waals surface area contributed by atoms with Crippen LogP contribution in [0.15, 0.2) is 48.5 Å². The molecule has 0 fully saturated rings. The van der Waals surface area contributed by atoms with E-state index in [9.17, 15) is 19.5 Å². The molecular weight excluding hydrogens is 432 g/mol. The van der Waals surface area contributed by atoms with Crippen LogP contribution in [0.25, 0.3) is 11.1 Å². The van der Waals surface area contributed by atoms with Crippen molar-refractivity contribution in [2.24, 2.45) is 5.41 Å². The molecule has 182 valence electrons. The number of ether oxygens (including phenoxy) is 1. The summed E-state index contributed by atoms with van der Waals surface area (Å²) in [5, 5.41) is 14.7. The van der Waals surface area contributed by atoms with Crippen molar-refractivity contribution in [1.82, 2.24) is 10.6 Å². The van der Waals surface area contributed by atoms with Crippen molar-refractivity contribution in [1.29, 1.82) is 0 Å². The lowest BCUT2D eigenvalue weighted by atomic mass is 9.94. The Morgan fingerprint density at radius 2 is 1.62 bits per heavy atom. The van der Waals surface area contributed by atoms with Gasteiger partial charge >= 0.3 is 12.1 Å². The van der Waals surface area contributed by atoms with Crippen LogP contribution < -0.4 is 10.6 Å². The van der Waals surface area contributed by atoms with Crippen LogP contribution in [0.1, 0.15) is 63.5 Å². The average molecular weight is 467 g/mol. The molecule has 1 atom stereocenters. The van der Waals surface area contributed by atoms with Gasteiger partial charge < -0.3 is 20.5 Å². The molecule has 0 bridgehead atoms. The SMILES string of the molecule is CCCC[C@H](CC(=O)NCC(C)(C)C(=O)O)NC(=O)OCC1c2ccccc2-c2ccccc21. The van der Waals surface area contributed by atoms with E-state index >= 15 is 0 Å². The molecule has 1 aliphatic carbocycles. The number of hydrogen-bond acceptors (Lipinski definition) is 4. The highest BCUT2D eigenvalue weighted by Gasteiger charge is 2.30. The minimum absolute atomic E-state index is 0.0204. The molecule has 0 radical (unpaired) electrons. The summed E-state index contributed by atoms with van der Waals surface area (Å²) in [6.07, 6.45) is 1.93. The largest absolute Gasteiger partial charge is 0.481 e. The highest BCUT2D eigenvalue weighted by atomic mass is 16.5. The number of carbonyl (C=O) groups excluding carboxylic acids is 2. The Bertz CT molecular complexity index is 988. The number of benzene rings is 2. The second kappa shape index (κ2) is 11.2. The van der Waals surface area contributed by atoms with Crippen LogP contribution in [-0.4, -0.2) is 42.3 Å². The van der Waals surface area contributed by atoms with Gasteiger partial charge in [0.25, 0.3) is 0 Å². The zero-order chi connectivity index (χ0) is 24.7. The molecule has 0 spiro atoms. The van der Waals surface area contributed by atoms with E-state index < -0.39 is 17.5 Å². The number of fused-ring (bicyclic) bond motifs is 3. The summed E-state index contributed by atoms with van der Waals surface area (Å²) in [7, 11) is 0. The topological polar surface area (TPSA) is 105 Å². The summed E-state index contributed by atoms with van der Waals surface area (Å²) in [6.45, 7) is 5.38. The lowest BCUT2D eigenvalue weighted by molar-refractivity contribution is -0.146. The van der Waals surface area contributed by atoms with Gasteiger partial charge in [-0.3, -0.25) is 9.59 Å². The number of amides is 2. The molecule has 3 rings (SSSR count). The molecule has 0 aromatic heterocycles. The number of rotatable bonds is 11. The summed E-state index contributed by atoms with van der Waals surface area (Å²) in [4.78, 5) is 36.3. The molecule has 2 amide bonds. The van der Waals surface area contributed by atoms with Crippen molar-refractivity contribution in [2.45, 2.75) is 58.4 Å². The summed E-state index contributed by atoms with van der Waals surface area (Å²) in [5.74, 6) is -1.31. The molecule has 2 aromatic carbocycles. The summed E-state index contributed by atoms with van der Waals surface area (Å²) in [5.41, 5.74) is 3.54. The average Bonchev–Trinajstić information content (AvgIpc) is 3.13. The lowest BCUT2D eigenvalue weighted by Gasteiger charge is -2.22. The van der Waals surface area contributed by atoms with E-state index in [1.165, 1.54) is 0 Å². The third-order valence-electron chi connectivity index (χ3n) is 6.31. The van der Waals surface area contributed by atoms with Crippen molar-refractivity contribution >= 4 is 18.0 Å². The number of carboxylic acid groups (broad SMARTS) is 1. The minimum atomic E-state index is -1.06. The van der Waals surface area contributed by atoms with E-state index in [1.54, 1.807) is 13.8 Å². The standard InChI is InChI=1S/C27H34N2O5/c1-4-5-10-18(15-24(30)28-17-27(2,3)25(31)32)29-26(33)34-16-23-21-13-8-6-11-19(21)20-12-7-9-14-22(20)23/h6-9,11-14,18,23H,4-5,10,15-17H2,1-3H3,(H,28,30)(H,29,33)(H,31,32)/t18-/m1/s1. The number of alkyl carbamates (subject to hydrolysis) is 1. The fraction of sp³-hybridized carbons (Fsp3) is 0.444. The van der Waals surface area contributed by atoms with Gasteiger partial charge in [0.05, 0.1) is 5.41 Å². The number of nitrogens with one attached hydrogen (secondary N) is 2. The molecule has 0 unspecified atom stereocenters. The van der Waals surface area contributed by atoms with Crippen LogP contribution in [0.4, 0.5) is 4.79 Å². The molecule has 3 N–H and O–H groups in total. The first-order valence-electron chi connectivity index (χ1n) is 11.8. The minimum Gasteiger partial charge on any atom is -0.481 e. The fourth-order valence-electron chi connectivity index (χ4n) is 4.17. The second-order valence-electron chi connectivity index (χ2n) is 9.48. The van der Waals surface area contributed by atoms with Crippen molar-refractivity contribution in [3.8, 4) is 11.1 Å². The Hall–Kier alpha value is -3.35. The summed E-state index contributed by atoms with van der Waals surface area (Å²) in [6, 6.07) is 15.9. The monoisotopic (exact) mass is 466 g/mol. The number of unbranched alkanes of at least 4 members (excludes halogenated alkanes) is 1. The van der Waals surface area contributed by atoms with Crippen LogP contribution in [-0.2, 0) is 14.3 Å². The lowest BCUT2D eigenvalue weighted by Crippen LogP contribution is -2.43. The van der Waals surface area contributed by atoms with Crippen molar-refractivity contribution in [3.63, 3.8) is 0 Å². The maximum absolute atomic E-state index is 12.6. The first-order valence-corrected chi connectivity index (χ1v) is 11.8. The molecule has 2 aromatic rings. The third-order valence-corrected chi connectivity index (χ3v) is 6.31. The Labute approximate surface area is 200 Å². The van der Waals surface area contributed by atoms with Gasteiger partial charge in [0, 0.05) is 24.9 Å². The summed E-state index contributed by atoms with van der Waals surface area (Å²) < 4.78 is 5.62. The van der Waals surface area contributed by atoms with Crippen LogP contribution in [0.2, 0.25) is 0 Å². The smallest absolute Gasteiger partial charge is 0.407 e. The summed E-state index contributed by atoms with van der Waals surface area (Å²) >= 11 is 0. The van der Waals surface area contributed by atoms with Crippen molar-refractivity contribution in [2.75, 3.05) is 13.2 Å². The molecule has 0 saturated carbocycles. The molecular formula is C27H34N2O5. The Morgan fingerprint density at radius 3 is 2.18 bits per heavy atom. The first kappa shape index (κ1) is 25.3.